The van der Waals surface area contributed by atoms with Crippen molar-refractivity contribution >= 4 is 30.8 Å². The third-order valence-corrected chi connectivity index (χ3v) is 3.84. The van der Waals surface area contributed by atoms with Gasteiger partial charge in [-0.15, -0.1) is 0 Å². The molecule has 1 aliphatic heterocycles. The molecule has 0 nitrogen and oxygen atoms in total. The lowest BCUT2D eigenvalue weighted by molar-refractivity contribution is 2.11. The normalized spacial score (nSPS) is 20.6. The van der Waals surface area contributed by atoms with E-state index in [1.165, 1.54) is 0 Å². The van der Waals surface area contributed by atoms with E-state index in [9.17, 15) is 0 Å². The van der Waals surface area contributed by atoms with Gasteiger partial charge in [0, 0.05) is 4.66 Å². The van der Waals surface area contributed by atoms with E-state index in [0.29, 0.717) is 0 Å². The summed E-state index contributed by atoms with van der Waals surface area (Å²) in [5.74, 6) is 0. The summed E-state index contributed by atoms with van der Waals surface area (Å²) in [4.78, 5) is 0. The Kier molecular flexibility index (Phi) is 1.57. The van der Waals surface area contributed by atoms with E-state index in [-0.39, 0.29) is 0 Å². The molecule has 0 aromatic heterocycles. The lowest BCUT2D eigenvalue weighted by Crippen LogP contribution is -1.93. The first-order chi connectivity index (χ1) is 3.30. The van der Waals surface area contributed by atoms with Crippen LogP contribution in [-0.4, -0.2) is 8.11 Å². The van der Waals surface area contributed by atoms with Crippen molar-refractivity contribution in [3.63, 3.8) is 0 Å². The van der Waals surface area contributed by atoms with Crippen molar-refractivity contribution < 1.29 is 0 Å². The summed E-state index contributed by atoms with van der Waals surface area (Å²) >= 11 is 11.3. The predicted molar refractivity (Wildman–Crippen MR) is 34.7 cm³/mol. The topological polar surface area (TPSA) is 0 Å². The van der Waals surface area contributed by atoms with E-state index in [4.69, 9.17) is 22.7 Å². The Hall–Kier alpha value is 0.277. The molecule has 1 aliphatic rings. The highest BCUT2D eigenvalue weighted by Crippen LogP contribution is 2.16. The molecule has 0 aromatic rings. The quantitative estimate of drug-likeness (QED) is 0.366. The monoisotopic (exact) mass is 149 g/mol. The molecule has 0 N–H and O–H groups in total. The minimum absolute atomic E-state index is 0.812. The van der Waals surface area contributed by atoms with Gasteiger partial charge >= 0.3 is 0 Å². The van der Waals surface area contributed by atoms with Gasteiger partial charge in [0.2, 0.25) is 8.11 Å². The van der Waals surface area contributed by atoms with Gasteiger partial charge in [-0.2, -0.15) is 11.1 Å². The summed E-state index contributed by atoms with van der Waals surface area (Å²) in [6, 6.07) is 0. The van der Waals surface area contributed by atoms with Crippen LogP contribution in [0.1, 0.15) is 0 Å². The number of allylic oxidation sites excluding steroid dienone is 2. The standard InChI is InChI=1S/C4H3Cl2Si/c5-4-2-1-3-7(4)6/h1-3H. The molecule has 0 unspecified atom stereocenters. The maximum absolute atomic E-state index is 5.68. The Labute approximate surface area is 53.7 Å². The Bertz CT molecular complexity index is 128. The molecule has 0 bridgehead atoms. The van der Waals surface area contributed by atoms with E-state index in [0.717, 1.165) is 4.66 Å². The van der Waals surface area contributed by atoms with Crippen LogP contribution in [-0.2, 0) is 0 Å². The smallest absolute Gasteiger partial charge is 0.156 e. The number of halogens is 2. The molecule has 1 rings (SSSR count). The maximum Gasteiger partial charge on any atom is 0.238 e. The third-order valence-electron chi connectivity index (χ3n) is 0.713. The molecule has 0 fully saturated rings. The molecule has 0 saturated carbocycles. The van der Waals surface area contributed by atoms with Crippen molar-refractivity contribution in [1.29, 1.82) is 0 Å². The Morgan fingerprint density at radius 2 is 2.29 bits per heavy atom. The summed E-state index contributed by atoms with van der Waals surface area (Å²) in [5, 5.41) is 0. The molecule has 0 spiro atoms. The lowest BCUT2D eigenvalue weighted by Gasteiger charge is -1.86. The molecule has 0 saturated heterocycles. The van der Waals surface area contributed by atoms with Gasteiger partial charge in [0.15, 0.2) is 0 Å². The van der Waals surface area contributed by atoms with E-state index in [1.807, 2.05) is 17.9 Å². The van der Waals surface area contributed by atoms with Gasteiger partial charge in [0.25, 0.3) is 0 Å². The predicted octanol–water partition coefficient (Wildman–Crippen LogP) is 1.99. The van der Waals surface area contributed by atoms with Crippen molar-refractivity contribution in [3.8, 4) is 0 Å². The molecular formula is C4H3Cl2Si. The average Bonchev–Trinajstić information content (AvgIpc) is 1.91. The van der Waals surface area contributed by atoms with Crippen LogP contribution in [0.2, 0.25) is 0 Å². The fraction of sp³-hybridized carbons (Fsp3) is 0. The van der Waals surface area contributed by atoms with Crippen molar-refractivity contribution in [2.45, 2.75) is 0 Å². The zero-order valence-electron chi connectivity index (χ0n) is 3.49. The van der Waals surface area contributed by atoms with E-state index in [2.05, 4.69) is 0 Å². The summed E-state index contributed by atoms with van der Waals surface area (Å²) < 4.78 is 0.812. The average molecular weight is 150 g/mol. The van der Waals surface area contributed by atoms with Crippen molar-refractivity contribution in [2.75, 3.05) is 0 Å². The zero-order valence-corrected chi connectivity index (χ0v) is 6.00. The molecule has 0 aliphatic carbocycles. The molecule has 0 atom stereocenters. The van der Waals surface area contributed by atoms with Crippen molar-refractivity contribution in [1.82, 2.24) is 0 Å². The van der Waals surface area contributed by atoms with Crippen LogP contribution < -0.4 is 0 Å². The lowest BCUT2D eigenvalue weighted by atomic mass is 10.6. The Morgan fingerprint density at radius 3 is 2.43 bits per heavy atom. The van der Waals surface area contributed by atoms with Gasteiger partial charge < -0.3 is 0 Å². The van der Waals surface area contributed by atoms with Crippen molar-refractivity contribution in [3.05, 3.63) is 22.5 Å². The second-order valence-corrected chi connectivity index (χ2v) is 4.74. The second-order valence-electron chi connectivity index (χ2n) is 1.22. The number of rotatable bonds is 0. The number of hydrogen-bond acceptors (Lipinski definition) is 0. The van der Waals surface area contributed by atoms with Gasteiger partial charge in [-0.25, -0.2) is 0 Å². The fourth-order valence-corrected chi connectivity index (χ4v) is 1.73. The minimum atomic E-state index is -0.917. The Balaban J connectivity index is 2.69. The first-order valence-electron chi connectivity index (χ1n) is 1.87. The van der Waals surface area contributed by atoms with Gasteiger partial charge in [-0.1, -0.05) is 29.5 Å². The van der Waals surface area contributed by atoms with Gasteiger partial charge in [-0.05, 0) is 0 Å². The maximum atomic E-state index is 5.68. The van der Waals surface area contributed by atoms with E-state index < -0.39 is 8.11 Å². The molecular weight excluding hydrogens is 147 g/mol. The Morgan fingerprint density at radius 1 is 1.57 bits per heavy atom. The van der Waals surface area contributed by atoms with Crippen LogP contribution in [0.5, 0.6) is 0 Å². The highest BCUT2D eigenvalue weighted by Gasteiger charge is 2.10. The van der Waals surface area contributed by atoms with E-state index >= 15 is 0 Å². The van der Waals surface area contributed by atoms with E-state index in [1.54, 1.807) is 0 Å². The van der Waals surface area contributed by atoms with Crippen LogP contribution >= 0.6 is 22.7 Å². The summed E-state index contributed by atoms with van der Waals surface area (Å²) in [6.45, 7) is 0. The SMILES string of the molecule is ClC1=CC=C[Si]1Cl. The van der Waals surface area contributed by atoms with Gasteiger partial charge in [0.1, 0.15) is 0 Å². The number of hydrogen-bond donors (Lipinski definition) is 0. The molecule has 0 aromatic carbocycles. The van der Waals surface area contributed by atoms with Crippen LogP contribution in [0.15, 0.2) is 22.5 Å². The van der Waals surface area contributed by atoms with Crippen molar-refractivity contribution in [2.24, 2.45) is 0 Å². The highest BCUT2D eigenvalue weighted by atomic mass is 35.6. The first-order valence-corrected chi connectivity index (χ1v) is 4.84. The molecule has 1 radical (unpaired) electrons. The summed E-state index contributed by atoms with van der Waals surface area (Å²) in [6.07, 6.45) is 3.73. The largest absolute Gasteiger partial charge is 0.238 e. The molecule has 3 heteroatoms. The highest BCUT2D eigenvalue weighted by molar-refractivity contribution is 7.17. The molecule has 0 amide bonds. The van der Waals surface area contributed by atoms with Crippen LogP contribution in [0.4, 0.5) is 0 Å². The minimum Gasteiger partial charge on any atom is -0.156 e. The van der Waals surface area contributed by atoms with Gasteiger partial charge in [-0.3, -0.25) is 0 Å². The summed E-state index contributed by atoms with van der Waals surface area (Å²) in [5.41, 5.74) is 1.94. The van der Waals surface area contributed by atoms with Crippen LogP contribution in [0.3, 0.4) is 0 Å². The molecule has 37 valence electrons. The third kappa shape index (κ3) is 1.09. The first kappa shape index (κ1) is 5.41. The second kappa shape index (κ2) is 2.03. The molecule has 7 heavy (non-hydrogen) atoms. The fourth-order valence-electron chi connectivity index (χ4n) is 0.376. The zero-order chi connectivity index (χ0) is 5.28. The van der Waals surface area contributed by atoms with Crippen LogP contribution in [0.25, 0.3) is 0 Å². The van der Waals surface area contributed by atoms with Gasteiger partial charge in [0.05, 0.1) is 0 Å². The molecule has 1 heterocycles. The van der Waals surface area contributed by atoms with Crippen LogP contribution in [0, 0.1) is 0 Å². The summed E-state index contributed by atoms with van der Waals surface area (Å²) in [7, 11) is -0.917.